The van der Waals surface area contributed by atoms with Crippen LogP contribution in [0.5, 0.6) is 5.75 Å². The third-order valence-corrected chi connectivity index (χ3v) is 6.57. The number of pyridine rings is 1. The van der Waals surface area contributed by atoms with Gasteiger partial charge < -0.3 is 14.6 Å². The minimum absolute atomic E-state index is 0.194. The van der Waals surface area contributed by atoms with Crippen molar-refractivity contribution in [2.24, 2.45) is 0 Å². The highest BCUT2D eigenvalue weighted by Gasteiger charge is 2.44. The summed E-state index contributed by atoms with van der Waals surface area (Å²) in [5.41, 5.74) is 3.57. The Morgan fingerprint density at radius 2 is 1.76 bits per heavy atom. The normalized spacial score (nSPS) is 20.4. The van der Waals surface area contributed by atoms with Crippen LogP contribution in [0, 0.1) is 0 Å². The summed E-state index contributed by atoms with van der Waals surface area (Å²) in [4.78, 5) is 21.2. The van der Waals surface area contributed by atoms with E-state index in [2.05, 4.69) is 29.5 Å². The van der Waals surface area contributed by atoms with Crippen LogP contribution in [0.2, 0.25) is 0 Å². The molecule has 3 saturated heterocycles. The maximum absolute atomic E-state index is 12.4. The Morgan fingerprint density at radius 1 is 0.971 bits per heavy atom. The van der Waals surface area contributed by atoms with Gasteiger partial charge in [-0.15, -0.1) is 13.2 Å². The summed E-state index contributed by atoms with van der Waals surface area (Å²) >= 11 is 0. The molecule has 2 atom stereocenters. The maximum Gasteiger partial charge on any atom is 0.573 e. The monoisotopic (exact) mass is 466 g/mol. The summed E-state index contributed by atoms with van der Waals surface area (Å²) < 4.78 is 41.0. The number of piperazine rings is 1. The van der Waals surface area contributed by atoms with E-state index < -0.39 is 6.36 Å². The molecule has 2 bridgehead atoms. The molecule has 7 nitrogen and oxygen atoms in total. The van der Waals surface area contributed by atoms with Gasteiger partial charge in [0.1, 0.15) is 23.5 Å². The number of rotatable bonds is 5. The first-order valence-electron chi connectivity index (χ1n) is 11.0. The molecule has 34 heavy (non-hydrogen) atoms. The van der Waals surface area contributed by atoms with Crippen LogP contribution in [0.25, 0.3) is 22.3 Å². The number of nitrogens with zero attached hydrogens (tertiary/aromatic N) is 5. The molecular formula is C24H21F3N6O. The third kappa shape index (κ3) is 3.94. The van der Waals surface area contributed by atoms with Crippen molar-refractivity contribution in [3.8, 4) is 17.0 Å². The number of hydrogen-bond donors (Lipinski definition) is 1. The number of ether oxygens (including phenoxy) is 1. The summed E-state index contributed by atoms with van der Waals surface area (Å²) in [6.45, 7) is 2.45. The molecule has 4 aromatic rings. The summed E-state index contributed by atoms with van der Waals surface area (Å²) in [5.74, 6) is 0.742. The molecule has 2 unspecified atom stereocenters. The molecule has 3 aromatic heterocycles. The molecule has 1 aromatic carbocycles. The van der Waals surface area contributed by atoms with Crippen LogP contribution in [0.4, 0.5) is 19.0 Å². The predicted octanol–water partition coefficient (Wildman–Crippen LogP) is 4.38. The SMILES string of the molecule is FC(F)(F)Oc1ccc(CN2C3CC2CN(c2ccc(-c4ncnc5[nH]ccc45)cn2)C3)cc1. The molecule has 10 heteroatoms. The topological polar surface area (TPSA) is 70.2 Å². The minimum atomic E-state index is -4.67. The van der Waals surface area contributed by atoms with Crippen molar-refractivity contribution in [2.75, 3.05) is 18.0 Å². The molecule has 174 valence electrons. The zero-order valence-corrected chi connectivity index (χ0v) is 18.0. The van der Waals surface area contributed by atoms with Gasteiger partial charge in [-0.3, -0.25) is 4.90 Å². The van der Waals surface area contributed by atoms with E-state index in [-0.39, 0.29) is 5.75 Å². The Bertz CT molecular complexity index is 1290. The van der Waals surface area contributed by atoms with E-state index in [1.807, 2.05) is 30.6 Å². The first kappa shape index (κ1) is 20.9. The largest absolute Gasteiger partial charge is 0.573 e. The summed E-state index contributed by atoms with van der Waals surface area (Å²) in [6, 6.07) is 13.0. The number of fused-ring (bicyclic) bond motifs is 3. The van der Waals surface area contributed by atoms with Crippen LogP contribution in [-0.4, -0.2) is 56.4 Å². The Hall–Kier alpha value is -3.66. The van der Waals surface area contributed by atoms with Gasteiger partial charge in [-0.1, -0.05) is 12.1 Å². The molecular weight excluding hydrogens is 445 g/mol. The predicted molar refractivity (Wildman–Crippen MR) is 120 cm³/mol. The Morgan fingerprint density at radius 3 is 2.47 bits per heavy atom. The number of piperidine rings is 1. The Labute approximate surface area is 193 Å². The first-order chi connectivity index (χ1) is 16.4. The van der Waals surface area contributed by atoms with Crippen molar-refractivity contribution in [1.82, 2.24) is 24.8 Å². The van der Waals surface area contributed by atoms with E-state index in [1.165, 1.54) is 12.1 Å². The molecule has 0 spiro atoms. The molecule has 0 aliphatic carbocycles. The van der Waals surface area contributed by atoms with E-state index in [4.69, 9.17) is 4.98 Å². The average Bonchev–Trinajstić information content (AvgIpc) is 3.32. The number of alkyl halides is 3. The lowest BCUT2D eigenvalue weighted by Gasteiger charge is -2.56. The van der Waals surface area contributed by atoms with Crippen LogP contribution in [0.1, 0.15) is 12.0 Å². The van der Waals surface area contributed by atoms with Crippen molar-refractivity contribution in [1.29, 1.82) is 0 Å². The molecule has 3 aliphatic heterocycles. The highest BCUT2D eigenvalue weighted by atomic mass is 19.4. The maximum atomic E-state index is 12.4. The molecule has 0 radical (unpaired) electrons. The van der Waals surface area contributed by atoms with E-state index >= 15 is 0 Å². The van der Waals surface area contributed by atoms with Gasteiger partial charge in [0.05, 0.1) is 5.69 Å². The highest BCUT2D eigenvalue weighted by Crippen LogP contribution is 2.36. The molecule has 7 rings (SSSR count). The second-order valence-corrected chi connectivity index (χ2v) is 8.68. The fourth-order valence-electron chi connectivity index (χ4n) is 4.96. The lowest BCUT2D eigenvalue weighted by molar-refractivity contribution is -0.274. The van der Waals surface area contributed by atoms with Crippen molar-refractivity contribution in [3.05, 3.63) is 66.7 Å². The van der Waals surface area contributed by atoms with Crippen LogP contribution in [0.15, 0.2) is 61.2 Å². The fourth-order valence-corrected chi connectivity index (χ4v) is 4.96. The van der Waals surface area contributed by atoms with Gasteiger partial charge >= 0.3 is 6.36 Å². The summed E-state index contributed by atoms with van der Waals surface area (Å²) in [5, 5.41) is 0.963. The van der Waals surface area contributed by atoms with Crippen molar-refractivity contribution < 1.29 is 17.9 Å². The van der Waals surface area contributed by atoms with Gasteiger partial charge in [0.15, 0.2) is 0 Å². The molecule has 1 N–H and O–H groups in total. The lowest BCUT2D eigenvalue weighted by Crippen LogP contribution is -2.68. The van der Waals surface area contributed by atoms with Crippen LogP contribution in [0.3, 0.4) is 0 Å². The number of H-pyrrole nitrogens is 1. The highest BCUT2D eigenvalue weighted by molar-refractivity contribution is 5.90. The number of nitrogens with one attached hydrogen (secondary N) is 1. The smallest absolute Gasteiger partial charge is 0.406 e. The van der Waals surface area contributed by atoms with Gasteiger partial charge in [0, 0.05) is 55.1 Å². The average molecular weight is 466 g/mol. The number of hydrogen-bond acceptors (Lipinski definition) is 6. The van der Waals surface area contributed by atoms with Crippen LogP contribution < -0.4 is 9.64 Å². The Kier molecular flexibility index (Phi) is 4.91. The second-order valence-electron chi connectivity index (χ2n) is 8.68. The second kappa shape index (κ2) is 7.98. The quantitative estimate of drug-likeness (QED) is 0.471. The molecule has 0 saturated carbocycles. The van der Waals surface area contributed by atoms with Gasteiger partial charge in [-0.05, 0) is 42.3 Å². The first-order valence-corrected chi connectivity index (χ1v) is 11.0. The van der Waals surface area contributed by atoms with Crippen LogP contribution >= 0.6 is 0 Å². The van der Waals surface area contributed by atoms with Crippen molar-refractivity contribution >= 4 is 16.9 Å². The van der Waals surface area contributed by atoms with Crippen molar-refractivity contribution in [2.45, 2.75) is 31.4 Å². The van der Waals surface area contributed by atoms with E-state index in [1.54, 1.807) is 18.5 Å². The number of aromatic nitrogens is 4. The van der Waals surface area contributed by atoms with E-state index in [0.29, 0.717) is 18.6 Å². The molecule has 0 amide bonds. The van der Waals surface area contributed by atoms with Crippen LogP contribution in [-0.2, 0) is 6.54 Å². The lowest BCUT2D eigenvalue weighted by atomic mass is 9.86. The minimum Gasteiger partial charge on any atom is -0.406 e. The van der Waals surface area contributed by atoms with E-state index in [0.717, 1.165) is 53.2 Å². The number of halogens is 3. The summed E-state index contributed by atoms with van der Waals surface area (Å²) in [7, 11) is 0. The number of benzene rings is 1. The zero-order valence-electron chi connectivity index (χ0n) is 18.0. The van der Waals surface area contributed by atoms with Gasteiger partial charge in [-0.2, -0.15) is 0 Å². The van der Waals surface area contributed by atoms with Crippen molar-refractivity contribution in [3.63, 3.8) is 0 Å². The molecule has 3 fully saturated rings. The Balaban J connectivity index is 1.10. The van der Waals surface area contributed by atoms with E-state index in [9.17, 15) is 13.2 Å². The standard InChI is InChI=1S/C24H21F3N6O/c25-24(26,27)34-19-4-1-15(2-5-19)11-33-17-9-18(33)13-32(12-17)21-6-3-16(10-29-21)22-20-7-8-28-23(20)31-14-30-22/h1-8,10,14,17-18H,9,11-13H2,(H,28,30,31). The fraction of sp³-hybridized carbons (Fsp3) is 0.292. The third-order valence-electron chi connectivity index (χ3n) is 6.57. The number of anilines is 1. The molecule has 3 aliphatic rings. The molecule has 6 heterocycles. The number of aromatic amines is 1. The van der Waals surface area contributed by atoms with Gasteiger partial charge in [0.2, 0.25) is 0 Å². The zero-order chi connectivity index (χ0) is 23.3. The summed E-state index contributed by atoms with van der Waals surface area (Å²) in [6.07, 6.45) is 1.70. The van der Waals surface area contributed by atoms with Gasteiger partial charge in [0.25, 0.3) is 0 Å². The van der Waals surface area contributed by atoms with Gasteiger partial charge in [-0.25, -0.2) is 15.0 Å².